The van der Waals surface area contributed by atoms with Crippen LogP contribution in [0.25, 0.3) is 5.57 Å². The molecule has 0 saturated heterocycles. The predicted octanol–water partition coefficient (Wildman–Crippen LogP) is 1.88. The highest BCUT2D eigenvalue weighted by Gasteiger charge is 2.26. The number of allylic oxidation sites excluding steroid dienone is 1. The van der Waals surface area contributed by atoms with Crippen LogP contribution < -0.4 is 16.0 Å². The summed E-state index contributed by atoms with van der Waals surface area (Å²) in [7, 11) is 2.96. The van der Waals surface area contributed by atoms with Crippen LogP contribution in [0, 0.1) is 0 Å². The van der Waals surface area contributed by atoms with Gasteiger partial charge < -0.3 is 20.7 Å². The second-order valence-electron chi connectivity index (χ2n) is 5.49. The number of amides is 2. The third-order valence-corrected chi connectivity index (χ3v) is 3.93. The number of primary amides is 1. The van der Waals surface area contributed by atoms with Crippen LogP contribution in [0.3, 0.4) is 0 Å². The van der Waals surface area contributed by atoms with Crippen LogP contribution >= 0.6 is 0 Å². The van der Waals surface area contributed by atoms with Crippen molar-refractivity contribution in [3.8, 4) is 0 Å². The van der Waals surface area contributed by atoms with Gasteiger partial charge in [0.15, 0.2) is 0 Å². The number of nitrogens with zero attached hydrogens (tertiary/aromatic N) is 1. The molecule has 134 valence electrons. The van der Waals surface area contributed by atoms with Crippen LogP contribution in [0.2, 0.25) is 0 Å². The normalized spacial score (nSPS) is 16.6. The number of halogens is 2. The monoisotopic (exact) mass is 351 g/mol. The molecule has 1 unspecified atom stereocenters. The highest BCUT2D eigenvalue weighted by molar-refractivity contribution is 6.01. The first-order valence-corrected chi connectivity index (χ1v) is 7.45. The number of anilines is 1. The molecule has 1 aliphatic rings. The Kier molecular flexibility index (Phi) is 5.41. The summed E-state index contributed by atoms with van der Waals surface area (Å²) in [4.78, 5) is 24.7. The average molecular weight is 351 g/mol. The Morgan fingerprint density at radius 3 is 2.56 bits per heavy atom. The van der Waals surface area contributed by atoms with Gasteiger partial charge in [0.2, 0.25) is 11.8 Å². The third kappa shape index (κ3) is 3.78. The Morgan fingerprint density at radius 1 is 1.36 bits per heavy atom. The first kappa shape index (κ1) is 18.4. The lowest BCUT2D eigenvalue weighted by Crippen LogP contribution is -2.33. The van der Waals surface area contributed by atoms with Gasteiger partial charge in [-0.05, 0) is 29.8 Å². The Bertz CT molecular complexity index is 760. The predicted molar refractivity (Wildman–Crippen MR) is 90.0 cm³/mol. The summed E-state index contributed by atoms with van der Waals surface area (Å²) in [5.41, 5.74) is 6.68. The number of alkyl halides is 2. The highest BCUT2D eigenvalue weighted by atomic mass is 19.3. The van der Waals surface area contributed by atoms with Crippen molar-refractivity contribution in [1.82, 2.24) is 5.32 Å². The minimum atomic E-state index is -2.65. The molecule has 1 aromatic carbocycles. The smallest absolute Gasteiger partial charge is 0.261 e. The minimum absolute atomic E-state index is 0.143. The standard InChI is InChI=1S/C17H19F2N3O3/c1-9(23)22(2)10-4-5-11(17(20)24)12(6-10)13-7-14(16(18)19)21-8-15(13)25-3/h4-8,14,16,21H,1-3H3,(H2,20,24). The molecule has 0 aromatic heterocycles. The fraction of sp³-hybridized carbons (Fsp3) is 0.294. The van der Waals surface area contributed by atoms with Gasteiger partial charge in [-0.15, -0.1) is 0 Å². The first-order chi connectivity index (χ1) is 11.8. The molecule has 8 heteroatoms. The van der Waals surface area contributed by atoms with Crippen molar-refractivity contribution < 1.29 is 23.1 Å². The lowest BCUT2D eigenvalue weighted by Gasteiger charge is -2.24. The average Bonchev–Trinajstić information content (AvgIpc) is 2.59. The summed E-state index contributed by atoms with van der Waals surface area (Å²) < 4.78 is 31.4. The van der Waals surface area contributed by atoms with Gasteiger partial charge in [-0.25, -0.2) is 8.78 Å². The fourth-order valence-electron chi connectivity index (χ4n) is 2.46. The molecule has 0 spiro atoms. The van der Waals surface area contributed by atoms with Crippen LogP contribution in [0.5, 0.6) is 0 Å². The van der Waals surface area contributed by atoms with Crippen molar-refractivity contribution >= 4 is 23.1 Å². The van der Waals surface area contributed by atoms with Crippen LogP contribution in [0.1, 0.15) is 22.8 Å². The van der Waals surface area contributed by atoms with E-state index < -0.39 is 18.4 Å². The van der Waals surface area contributed by atoms with E-state index in [1.165, 1.54) is 37.3 Å². The number of carbonyl (C=O) groups is 2. The number of dihydropyridines is 1. The van der Waals surface area contributed by atoms with E-state index in [0.717, 1.165) is 0 Å². The van der Waals surface area contributed by atoms with E-state index in [1.54, 1.807) is 19.2 Å². The van der Waals surface area contributed by atoms with E-state index in [-0.39, 0.29) is 17.2 Å². The number of nitrogens with two attached hydrogens (primary N) is 1. The number of methoxy groups -OCH3 is 1. The summed E-state index contributed by atoms with van der Waals surface area (Å²) in [6.45, 7) is 1.39. The molecule has 1 aromatic rings. The number of benzene rings is 1. The Morgan fingerprint density at radius 2 is 2.04 bits per heavy atom. The molecule has 3 N–H and O–H groups in total. The van der Waals surface area contributed by atoms with Gasteiger partial charge in [0.25, 0.3) is 6.43 Å². The lowest BCUT2D eigenvalue weighted by atomic mass is 9.93. The second-order valence-corrected chi connectivity index (χ2v) is 5.49. The lowest BCUT2D eigenvalue weighted by molar-refractivity contribution is -0.116. The highest BCUT2D eigenvalue weighted by Crippen LogP contribution is 2.32. The molecule has 25 heavy (non-hydrogen) atoms. The molecule has 2 rings (SSSR count). The Labute approximate surface area is 143 Å². The van der Waals surface area contributed by atoms with Gasteiger partial charge in [-0.1, -0.05) is 0 Å². The number of rotatable bonds is 5. The topological polar surface area (TPSA) is 84.7 Å². The maximum absolute atomic E-state index is 13.1. The van der Waals surface area contributed by atoms with Crippen LogP contribution in [0.4, 0.5) is 14.5 Å². The van der Waals surface area contributed by atoms with Gasteiger partial charge >= 0.3 is 0 Å². The van der Waals surface area contributed by atoms with Crippen LogP contribution in [-0.2, 0) is 9.53 Å². The van der Waals surface area contributed by atoms with E-state index in [4.69, 9.17) is 10.5 Å². The molecule has 0 bridgehead atoms. The summed E-state index contributed by atoms with van der Waals surface area (Å²) in [6, 6.07) is 3.34. The quantitative estimate of drug-likeness (QED) is 0.848. The molecule has 0 saturated carbocycles. The van der Waals surface area contributed by atoms with Gasteiger partial charge in [-0.3, -0.25) is 9.59 Å². The number of hydrogen-bond donors (Lipinski definition) is 2. The zero-order chi connectivity index (χ0) is 18.7. The van der Waals surface area contributed by atoms with Crippen molar-refractivity contribution in [2.24, 2.45) is 5.73 Å². The van der Waals surface area contributed by atoms with E-state index in [1.807, 2.05) is 0 Å². The summed E-state index contributed by atoms with van der Waals surface area (Å²) >= 11 is 0. The van der Waals surface area contributed by atoms with Crippen LogP contribution in [-0.4, -0.2) is 38.4 Å². The maximum Gasteiger partial charge on any atom is 0.261 e. The van der Waals surface area contributed by atoms with E-state index in [2.05, 4.69) is 5.32 Å². The van der Waals surface area contributed by atoms with Crippen molar-refractivity contribution in [3.63, 3.8) is 0 Å². The molecule has 2 amide bonds. The van der Waals surface area contributed by atoms with E-state index in [9.17, 15) is 18.4 Å². The Balaban J connectivity index is 2.64. The molecular formula is C17H19F2N3O3. The second kappa shape index (κ2) is 7.33. The molecular weight excluding hydrogens is 332 g/mol. The fourth-order valence-corrected chi connectivity index (χ4v) is 2.46. The summed E-state index contributed by atoms with van der Waals surface area (Å²) in [5, 5.41) is 2.53. The summed E-state index contributed by atoms with van der Waals surface area (Å²) in [5.74, 6) is -0.650. The summed E-state index contributed by atoms with van der Waals surface area (Å²) in [6.07, 6.45) is -0.0500. The largest absolute Gasteiger partial charge is 0.495 e. The number of hydrogen-bond acceptors (Lipinski definition) is 4. The number of carbonyl (C=O) groups excluding carboxylic acids is 2. The van der Waals surface area contributed by atoms with Gasteiger partial charge in [0.1, 0.15) is 11.8 Å². The van der Waals surface area contributed by atoms with Crippen molar-refractivity contribution in [3.05, 3.63) is 47.4 Å². The van der Waals surface area contributed by atoms with E-state index in [0.29, 0.717) is 16.8 Å². The SMILES string of the molecule is COC1=CNC(C(F)F)C=C1c1cc(N(C)C(C)=O)ccc1C(N)=O. The van der Waals surface area contributed by atoms with Crippen molar-refractivity contribution in [2.75, 3.05) is 19.1 Å². The third-order valence-electron chi connectivity index (χ3n) is 3.93. The van der Waals surface area contributed by atoms with Crippen molar-refractivity contribution in [2.45, 2.75) is 19.4 Å². The molecule has 0 fully saturated rings. The van der Waals surface area contributed by atoms with Gasteiger partial charge in [0, 0.05) is 37.0 Å². The molecule has 6 nitrogen and oxygen atoms in total. The molecule has 0 radical (unpaired) electrons. The number of ether oxygens (including phenoxy) is 1. The maximum atomic E-state index is 13.1. The zero-order valence-corrected chi connectivity index (χ0v) is 14.0. The zero-order valence-electron chi connectivity index (χ0n) is 14.0. The minimum Gasteiger partial charge on any atom is -0.495 e. The van der Waals surface area contributed by atoms with Crippen LogP contribution in [0.15, 0.2) is 36.2 Å². The first-order valence-electron chi connectivity index (χ1n) is 7.45. The van der Waals surface area contributed by atoms with Gasteiger partial charge in [-0.2, -0.15) is 0 Å². The molecule has 0 aliphatic carbocycles. The van der Waals surface area contributed by atoms with Crippen molar-refractivity contribution in [1.29, 1.82) is 0 Å². The number of nitrogens with one attached hydrogen (secondary N) is 1. The molecule has 1 heterocycles. The molecule has 1 aliphatic heterocycles. The Hall–Kier alpha value is -2.90. The van der Waals surface area contributed by atoms with Gasteiger partial charge in [0.05, 0.1) is 7.11 Å². The molecule has 1 atom stereocenters. The van der Waals surface area contributed by atoms with E-state index >= 15 is 0 Å².